The summed E-state index contributed by atoms with van der Waals surface area (Å²) in [5.41, 5.74) is 2.14. The molecule has 0 unspecified atom stereocenters. The van der Waals surface area contributed by atoms with Crippen LogP contribution >= 0.6 is 23.4 Å². The van der Waals surface area contributed by atoms with Gasteiger partial charge in [0.1, 0.15) is 11.6 Å². The van der Waals surface area contributed by atoms with E-state index in [9.17, 15) is 4.79 Å². The molecule has 1 aromatic carbocycles. The van der Waals surface area contributed by atoms with E-state index in [0.29, 0.717) is 22.2 Å². The summed E-state index contributed by atoms with van der Waals surface area (Å²) in [6, 6.07) is 5.34. The number of hydrogen-bond donors (Lipinski definition) is 1. The van der Waals surface area contributed by atoms with Crippen LogP contribution in [0.1, 0.15) is 11.3 Å². The molecule has 1 aliphatic rings. The fourth-order valence-electron chi connectivity index (χ4n) is 2.09. The molecular weight excluding hydrogens is 284 g/mol. The first kappa shape index (κ1) is 12.6. The van der Waals surface area contributed by atoms with Crippen LogP contribution in [0.3, 0.4) is 0 Å². The summed E-state index contributed by atoms with van der Waals surface area (Å²) in [5, 5.41) is 0.508. The van der Waals surface area contributed by atoms with Crippen molar-refractivity contribution in [2.75, 3.05) is 7.11 Å². The topological polar surface area (TPSA) is 55.0 Å². The number of fused-ring (bicyclic) bond motifs is 1. The minimum absolute atomic E-state index is 0.0908. The van der Waals surface area contributed by atoms with Crippen molar-refractivity contribution in [2.45, 2.75) is 11.5 Å². The Balaban J connectivity index is 2.24. The van der Waals surface area contributed by atoms with Crippen LogP contribution in [0.5, 0.6) is 5.75 Å². The van der Waals surface area contributed by atoms with Crippen molar-refractivity contribution in [3.63, 3.8) is 0 Å². The Morgan fingerprint density at radius 1 is 1.42 bits per heavy atom. The number of aromatic nitrogens is 2. The van der Waals surface area contributed by atoms with Gasteiger partial charge in [0.2, 0.25) is 0 Å². The van der Waals surface area contributed by atoms with E-state index in [-0.39, 0.29) is 5.56 Å². The predicted octanol–water partition coefficient (Wildman–Crippen LogP) is 2.85. The molecule has 0 saturated heterocycles. The van der Waals surface area contributed by atoms with Crippen LogP contribution in [0.2, 0.25) is 5.02 Å². The second-order valence-electron chi connectivity index (χ2n) is 4.15. The lowest BCUT2D eigenvalue weighted by molar-refractivity contribution is 0.416. The van der Waals surface area contributed by atoms with Gasteiger partial charge in [-0.05, 0) is 12.1 Å². The molecule has 0 radical (unpaired) electrons. The van der Waals surface area contributed by atoms with Crippen molar-refractivity contribution in [2.24, 2.45) is 0 Å². The van der Waals surface area contributed by atoms with Gasteiger partial charge in [0.05, 0.1) is 23.4 Å². The highest BCUT2D eigenvalue weighted by atomic mass is 35.5. The number of H-pyrrole nitrogens is 1. The Hall–Kier alpha value is -1.46. The minimum atomic E-state index is -0.0908. The van der Waals surface area contributed by atoms with E-state index in [1.165, 1.54) is 0 Å². The number of benzene rings is 1. The molecule has 6 heteroatoms. The molecule has 0 aliphatic carbocycles. The van der Waals surface area contributed by atoms with E-state index in [1.54, 1.807) is 37.1 Å². The van der Waals surface area contributed by atoms with Crippen LogP contribution < -0.4 is 10.3 Å². The van der Waals surface area contributed by atoms with Crippen LogP contribution in [-0.4, -0.2) is 17.1 Å². The Labute approximate surface area is 119 Å². The number of thioether (sulfide) groups is 1. The first-order valence-electron chi connectivity index (χ1n) is 5.73. The average molecular weight is 295 g/mol. The van der Waals surface area contributed by atoms with Crippen molar-refractivity contribution >= 4 is 23.4 Å². The molecule has 4 nitrogen and oxygen atoms in total. The molecule has 3 rings (SSSR count). The number of nitrogens with zero attached hydrogens (tertiary/aromatic N) is 1. The number of hydrogen-bond acceptors (Lipinski definition) is 4. The van der Waals surface area contributed by atoms with Gasteiger partial charge < -0.3 is 9.72 Å². The molecular formula is C13H11ClN2O2S. The Kier molecular flexibility index (Phi) is 3.24. The van der Waals surface area contributed by atoms with Crippen molar-refractivity contribution in [3.8, 4) is 17.1 Å². The van der Waals surface area contributed by atoms with E-state index < -0.39 is 0 Å². The maximum atomic E-state index is 12.0. The highest BCUT2D eigenvalue weighted by molar-refractivity contribution is 7.98. The third-order valence-electron chi connectivity index (χ3n) is 3.02. The third-order valence-corrected chi connectivity index (χ3v) is 4.30. The predicted molar refractivity (Wildman–Crippen MR) is 76.9 cm³/mol. The number of methoxy groups -OCH3 is 1. The number of halogens is 1. The standard InChI is InChI=1S/C13H11ClN2O2S/c1-18-10-4-2-3-8(14)11(10)12-15-9-6-19-5-7(9)13(17)16-12/h2-4H,5-6H2,1H3,(H,15,16,17). The second kappa shape index (κ2) is 4.90. The second-order valence-corrected chi connectivity index (χ2v) is 5.54. The van der Waals surface area contributed by atoms with E-state index in [0.717, 1.165) is 22.8 Å². The van der Waals surface area contributed by atoms with Gasteiger partial charge in [-0.25, -0.2) is 4.98 Å². The van der Waals surface area contributed by atoms with Gasteiger partial charge in [-0.2, -0.15) is 11.8 Å². The number of ether oxygens (including phenoxy) is 1. The molecule has 2 aromatic rings. The van der Waals surface area contributed by atoms with Crippen molar-refractivity contribution in [1.29, 1.82) is 0 Å². The molecule has 0 amide bonds. The van der Waals surface area contributed by atoms with Gasteiger partial charge >= 0.3 is 0 Å². The largest absolute Gasteiger partial charge is 0.496 e. The van der Waals surface area contributed by atoms with Gasteiger partial charge in [-0.1, -0.05) is 17.7 Å². The quantitative estimate of drug-likeness (QED) is 0.925. The summed E-state index contributed by atoms with van der Waals surface area (Å²) in [6.45, 7) is 0. The van der Waals surface area contributed by atoms with Gasteiger partial charge in [-0.3, -0.25) is 4.79 Å². The summed E-state index contributed by atoms with van der Waals surface area (Å²) in [4.78, 5) is 19.3. The lowest BCUT2D eigenvalue weighted by atomic mass is 10.1. The third kappa shape index (κ3) is 2.13. The molecule has 2 heterocycles. The highest BCUT2D eigenvalue weighted by Crippen LogP contribution is 2.35. The number of aromatic amines is 1. The van der Waals surface area contributed by atoms with Gasteiger partial charge in [-0.15, -0.1) is 0 Å². The molecule has 0 bridgehead atoms. The zero-order chi connectivity index (χ0) is 13.4. The number of rotatable bonds is 2. The van der Waals surface area contributed by atoms with Crippen LogP contribution in [0, 0.1) is 0 Å². The zero-order valence-electron chi connectivity index (χ0n) is 10.2. The summed E-state index contributed by atoms with van der Waals surface area (Å²) in [5.74, 6) is 2.55. The van der Waals surface area contributed by atoms with Crippen LogP contribution in [0.25, 0.3) is 11.4 Å². The maximum Gasteiger partial charge on any atom is 0.255 e. The van der Waals surface area contributed by atoms with Crippen molar-refractivity contribution < 1.29 is 4.74 Å². The summed E-state index contributed by atoms with van der Waals surface area (Å²) in [7, 11) is 1.57. The molecule has 0 fully saturated rings. The van der Waals surface area contributed by atoms with Crippen LogP contribution in [-0.2, 0) is 11.5 Å². The summed E-state index contributed by atoms with van der Waals surface area (Å²) in [6.07, 6.45) is 0. The molecule has 0 atom stereocenters. The monoisotopic (exact) mass is 294 g/mol. The Morgan fingerprint density at radius 2 is 2.26 bits per heavy atom. The van der Waals surface area contributed by atoms with E-state index in [1.807, 2.05) is 0 Å². The van der Waals surface area contributed by atoms with Crippen molar-refractivity contribution in [1.82, 2.24) is 9.97 Å². The lowest BCUT2D eigenvalue weighted by Crippen LogP contribution is -2.15. The van der Waals surface area contributed by atoms with E-state index in [2.05, 4.69) is 9.97 Å². The molecule has 19 heavy (non-hydrogen) atoms. The van der Waals surface area contributed by atoms with Gasteiger partial charge in [0.25, 0.3) is 5.56 Å². The Bertz CT molecular complexity index is 700. The lowest BCUT2D eigenvalue weighted by Gasteiger charge is -2.10. The number of nitrogens with one attached hydrogen (secondary N) is 1. The summed E-state index contributed by atoms with van der Waals surface area (Å²) >= 11 is 7.89. The average Bonchev–Trinajstić information content (AvgIpc) is 2.87. The van der Waals surface area contributed by atoms with Crippen LogP contribution in [0.15, 0.2) is 23.0 Å². The Morgan fingerprint density at radius 3 is 3.05 bits per heavy atom. The maximum absolute atomic E-state index is 12.0. The van der Waals surface area contributed by atoms with Gasteiger partial charge in [0.15, 0.2) is 0 Å². The first-order valence-corrected chi connectivity index (χ1v) is 7.26. The normalized spacial score (nSPS) is 13.4. The van der Waals surface area contributed by atoms with E-state index in [4.69, 9.17) is 16.3 Å². The smallest absolute Gasteiger partial charge is 0.255 e. The first-order chi connectivity index (χ1) is 9.20. The molecule has 0 spiro atoms. The van der Waals surface area contributed by atoms with Crippen molar-refractivity contribution in [3.05, 3.63) is 44.8 Å². The molecule has 98 valence electrons. The SMILES string of the molecule is COc1cccc(Cl)c1-c1nc2c(c(=O)[nH]1)CSC2. The van der Waals surface area contributed by atoms with Crippen LogP contribution in [0.4, 0.5) is 0 Å². The zero-order valence-corrected chi connectivity index (χ0v) is 11.8. The molecule has 0 saturated carbocycles. The minimum Gasteiger partial charge on any atom is -0.496 e. The molecule has 1 aliphatic heterocycles. The fourth-order valence-corrected chi connectivity index (χ4v) is 3.38. The fraction of sp³-hybridized carbons (Fsp3) is 0.231. The molecule has 1 N–H and O–H groups in total. The molecule has 1 aromatic heterocycles. The van der Waals surface area contributed by atoms with E-state index >= 15 is 0 Å². The highest BCUT2D eigenvalue weighted by Gasteiger charge is 2.20. The van der Waals surface area contributed by atoms with Gasteiger partial charge in [0, 0.05) is 17.1 Å². The summed E-state index contributed by atoms with van der Waals surface area (Å²) < 4.78 is 5.29.